The minimum Gasteiger partial charge on any atom is -0.375 e. The Morgan fingerprint density at radius 1 is 1.45 bits per heavy atom. The van der Waals surface area contributed by atoms with Gasteiger partial charge in [-0.05, 0) is 18.2 Å². The molecule has 1 aromatic heterocycles. The first-order valence-corrected chi connectivity index (χ1v) is 8.42. The fourth-order valence-electron chi connectivity index (χ4n) is 2.34. The van der Waals surface area contributed by atoms with Gasteiger partial charge in [0.15, 0.2) is 9.84 Å². The number of rotatable bonds is 3. The van der Waals surface area contributed by atoms with Crippen LogP contribution in [0.5, 0.6) is 0 Å². The second-order valence-electron chi connectivity index (χ2n) is 5.04. The second-order valence-corrected chi connectivity index (χ2v) is 7.05. The summed E-state index contributed by atoms with van der Waals surface area (Å²) in [5, 5.41) is 3.27. The number of aromatic amines is 1. The van der Waals surface area contributed by atoms with Gasteiger partial charge in [0.05, 0.1) is 28.6 Å². The summed E-state index contributed by atoms with van der Waals surface area (Å²) in [4.78, 5) is 7.95. The third-order valence-electron chi connectivity index (χ3n) is 3.36. The van der Waals surface area contributed by atoms with E-state index in [0.717, 1.165) is 29.9 Å². The third-order valence-corrected chi connectivity index (χ3v) is 4.47. The maximum atomic E-state index is 11.5. The second kappa shape index (κ2) is 5.16. The topological polar surface area (TPSA) is 84.1 Å². The number of H-pyrrole nitrogens is 1. The normalized spacial score (nSPS) is 20.4. The van der Waals surface area contributed by atoms with Crippen LogP contribution in [0.15, 0.2) is 23.1 Å². The van der Waals surface area contributed by atoms with Gasteiger partial charge in [0.2, 0.25) is 0 Å². The quantitative estimate of drug-likeness (QED) is 0.861. The van der Waals surface area contributed by atoms with Gasteiger partial charge in [-0.15, -0.1) is 0 Å². The molecule has 0 aliphatic carbocycles. The number of aromatic nitrogens is 2. The Balaban J connectivity index is 1.86. The number of hydrogen-bond acceptors (Lipinski definition) is 5. The Morgan fingerprint density at radius 2 is 2.30 bits per heavy atom. The third kappa shape index (κ3) is 2.84. The summed E-state index contributed by atoms with van der Waals surface area (Å²) >= 11 is 0. The van der Waals surface area contributed by atoms with Crippen molar-refractivity contribution in [3.8, 4) is 0 Å². The molecule has 1 aromatic carbocycles. The van der Waals surface area contributed by atoms with Crippen LogP contribution in [0.25, 0.3) is 11.0 Å². The largest absolute Gasteiger partial charge is 0.375 e. The predicted molar refractivity (Wildman–Crippen MR) is 75.5 cm³/mol. The minimum atomic E-state index is -3.19. The van der Waals surface area contributed by atoms with Gasteiger partial charge in [0, 0.05) is 25.8 Å². The molecule has 0 saturated carbocycles. The van der Waals surface area contributed by atoms with Crippen LogP contribution in [0.4, 0.5) is 0 Å². The maximum absolute atomic E-state index is 11.5. The molecule has 108 valence electrons. The van der Waals surface area contributed by atoms with E-state index in [9.17, 15) is 8.42 Å². The number of nitrogens with one attached hydrogen (secondary N) is 2. The summed E-state index contributed by atoms with van der Waals surface area (Å²) in [6, 6.07) is 4.94. The zero-order chi connectivity index (χ0) is 14.2. The SMILES string of the molecule is CS(=O)(=O)c1ccc2nc(CC3CNCCO3)[nH]c2c1. The van der Waals surface area contributed by atoms with Crippen molar-refractivity contribution >= 4 is 20.9 Å². The zero-order valence-electron chi connectivity index (χ0n) is 11.2. The molecule has 20 heavy (non-hydrogen) atoms. The summed E-state index contributed by atoms with van der Waals surface area (Å²) < 4.78 is 28.7. The Kier molecular flexibility index (Phi) is 3.49. The molecule has 1 aliphatic heterocycles. The summed E-state index contributed by atoms with van der Waals surface area (Å²) in [5.74, 6) is 0.819. The first-order valence-electron chi connectivity index (χ1n) is 6.53. The highest BCUT2D eigenvalue weighted by molar-refractivity contribution is 7.90. The zero-order valence-corrected chi connectivity index (χ0v) is 12.0. The number of benzene rings is 1. The van der Waals surface area contributed by atoms with Crippen LogP contribution in [0.2, 0.25) is 0 Å². The van der Waals surface area contributed by atoms with E-state index in [2.05, 4.69) is 15.3 Å². The molecule has 1 unspecified atom stereocenters. The first-order chi connectivity index (χ1) is 9.52. The molecule has 1 atom stereocenters. The molecule has 2 N–H and O–H groups in total. The van der Waals surface area contributed by atoms with E-state index >= 15 is 0 Å². The van der Waals surface area contributed by atoms with Gasteiger partial charge in [0.1, 0.15) is 5.82 Å². The van der Waals surface area contributed by atoms with E-state index in [1.807, 2.05) is 0 Å². The number of sulfone groups is 1. The maximum Gasteiger partial charge on any atom is 0.175 e. The number of nitrogens with zero attached hydrogens (tertiary/aromatic N) is 1. The Hall–Kier alpha value is -1.44. The highest BCUT2D eigenvalue weighted by atomic mass is 32.2. The molecule has 7 heteroatoms. The highest BCUT2D eigenvalue weighted by Crippen LogP contribution is 2.18. The van der Waals surface area contributed by atoms with Gasteiger partial charge >= 0.3 is 0 Å². The lowest BCUT2D eigenvalue weighted by Crippen LogP contribution is -2.39. The van der Waals surface area contributed by atoms with Crippen LogP contribution in [0.3, 0.4) is 0 Å². The molecule has 1 aliphatic rings. The van der Waals surface area contributed by atoms with Crippen molar-refractivity contribution in [1.82, 2.24) is 15.3 Å². The van der Waals surface area contributed by atoms with Crippen molar-refractivity contribution in [2.24, 2.45) is 0 Å². The monoisotopic (exact) mass is 295 g/mol. The summed E-state index contributed by atoms with van der Waals surface area (Å²) in [7, 11) is -3.19. The first kappa shape index (κ1) is 13.5. The van der Waals surface area contributed by atoms with Crippen molar-refractivity contribution in [3.63, 3.8) is 0 Å². The standard InChI is InChI=1S/C13H17N3O3S/c1-20(17,18)10-2-3-11-12(7-10)16-13(15-11)6-9-8-14-4-5-19-9/h2-3,7,9,14H,4-6,8H2,1H3,(H,15,16). The van der Waals surface area contributed by atoms with Crippen LogP contribution >= 0.6 is 0 Å². The molecule has 0 spiro atoms. The van der Waals surface area contributed by atoms with E-state index < -0.39 is 9.84 Å². The summed E-state index contributed by atoms with van der Waals surface area (Å²) in [5.41, 5.74) is 1.52. The number of hydrogen-bond donors (Lipinski definition) is 2. The van der Waals surface area contributed by atoms with Crippen molar-refractivity contribution in [1.29, 1.82) is 0 Å². The number of imidazole rings is 1. The molecule has 3 rings (SSSR count). The highest BCUT2D eigenvalue weighted by Gasteiger charge is 2.16. The van der Waals surface area contributed by atoms with E-state index in [4.69, 9.17) is 4.74 Å². The molecule has 1 saturated heterocycles. The van der Waals surface area contributed by atoms with Gasteiger partial charge in [0.25, 0.3) is 0 Å². The Labute approximate surface area is 117 Å². The van der Waals surface area contributed by atoms with E-state index in [-0.39, 0.29) is 6.10 Å². The molecule has 2 heterocycles. The van der Waals surface area contributed by atoms with Gasteiger partial charge in [-0.25, -0.2) is 13.4 Å². The van der Waals surface area contributed by atoms with E-state index in [0.29, 0.717) is 17.9 Å². The van der Waals surface area contributed by atoms with Gasteiger partial charge in [-0.3, -0.25) is 0 Å². The van der Waals surface area contributed by atoms with Crippen molar-refractivity contribution in [2.45, 2.75) is 17.4 Å². The molecule has 2 aromatic rings. The molecule has 0 radical (unpaired) electrons. The predicted octanol–water partition coefficient (Wildman–Crippen LogP) is 0.497. The fraction of sp³-hybridized carbons (Fsp3) is 0.462. The lowest BCUT2D eigenvalue weighted by Gasteiger charge is -2.22. The Bertz CT molecular complexity index is 718. The van der Waals surface area contributed by atoms with Gasteiger partial charge < -0.3 is 15.0 Å². The van der Waals surface area contributed by atoms with Crippen molar-refractivity contribution < 1.29 is 13.2 Å². The average molecular weight is 295 g/mol. The minimum absolute atomic E-state index is 0.110. The number of morpholine rings is 1. The van der Waals surface area contributed by atoms with E-state index in [1.165, 1.54) is 6.26 Å². The molecular formula is C13H17N3O3S. The van der Waals surface area contributed by atoms with E-state index in [1.54, 1.807) is 18.2 Å². The fourth-order valence-corrected chi connectivity index (χ4v) is 2.98. The molecular weight excluding hydrogens is 278 g/mol. The average Bonchev–Trinajstić information content (AvgIpc) is 2.80. The van der Waals surface area contributed by atoms with Crippen LogP contribution in [0, 0.1) is 0 Å². The summed E-state index contributed by atoms with van der Waals surface area (Å²) in [6.07, 6.45) is 2.00. The Morgan fingerprint density at radius 3 is 3.00 bits per heavy atom. The smallest absolute Gasteiger partial charge is 0.175 e. The number of ether oxygens (including phenoxy) is 1. The summed E-state index contributed by atoms with van der Waals surface area (Å²) in [6.45, 7) is 2.41. The van der Waals surface area contributed by atoms with Crippen molar-refractivity contribution in [2.75, 3.05) is 26.0 Å². The molecule has 6 nitrogen and oxygen atoms in total. The molecule has 1 fully saturated rings. The van der Waals surface area contributed by atoms with Crippen molar-refractivity contribution in [3.05, 3.63) is 24.0 Å². The van der Waals surface area contributed by atoms with Crippen LogP contribution in [0.1, 0.15) is 5.82 Å². The van der Waals surface area contributed by atoms with Gasteiger partial charge in [-0.1, -0.05) is 0 Å². The molecule has 0 bridgehead atoms. The molecule has 0 amide bonds. The lowest BCUT2D eigenvalue weighted by molar-refractivity contribution is 0.0282. The number of fused-ring (bicyclic) bond motifs is 1. The van der Waals surface area contributed by atoms with Crippen LogP contribution in [-0.4, -0.2) is 50.4 Å². The van der Waals surface area contributed by atoms with Crippen LogP contribution in [-0.2, 0) is 21.0 Å². The lowest BCUT2D eigenvalue weighted by atomic mass is 10.2. The van der Waals surface area contributed by atoms with Crippen LogP contribution < -0.4 is 5.32 Å². The van der Waals surface area contributed by atoms with Gasteiger partial charge in [-0.2, -0.15) is 0 Å².